The van der Waals surface area contributed by atoms with Crippen LogP contribution in [0.25, 0.3) is 0 Å². The zero-order chi connectivity index (χ0) is 23.1. The predicted molar refractivity (Wildman–Crippen MR) is 125 cm³/mol. The van der Waals surface area contributed by atoms with Crippen molar-refractivity contribution in [1.29, 1.82) is 0 Å². The standard InChI is InChI=1S/C22H30N6O4/c1-26-22(30)14-10-16(24)20-18(12-14)32-8-4-7-31-17-11-13(21(25)29)9-15(23)19(17)27-5-2-3-6-28-20/h9-12,27-28H,2-8,23-24H2,1H3,(H2,25,29)(H,26,30). The van der Waals surface area contributed by atoms with Gasteiger partial charge in [-0.3, -0.25) is 9.59 Å². The maximum Gasteiger partial charge on any atom is 0.251 e. The minimum atomic E-state index is -0.575. The van der Waals surface area contributed by atoms with Crippen molar-refractivity contribution in [1.82, 2.24) is 5.32 Å². The van der Waals surface area contributed by atoms with E-state index in [1.54, 1.807) is 31.3 Å². The summed E-state index contributed by atoms with van der Waals surface area (Å²) in [5, 5.41) is 9.20. The van der Waals surface area contributed by atoms with Crippen molar-refractivity contribution in [2.75, 3.05) is 55.5 Å². The van der Waals surface area contributed by atoms with E-state index in [1.807, 2.05) is 0 Å². The number of amides is 2. The monoisotopic (exact) mass is 442 g/mol. The molecule has 10 heteroatoms. The van der Waals surface area contributed by atoms with E-state index in [0.717, 1.165) is 12.8 Å². The number of nitrogens with two attached hydrogens (primary N) is 3. The fourth-order valence-electron chi connectivity index (χ4n) is 3.40. The Morgan fingerprint density at radius 2 is 1.34 bits per heavy atom. The van der Waals surface area contributed by atoms with Gasteiger partial charge in [0.05, 0.1) is 24.6 Å². The molecule has 0 radical (unpaired) electrons. The van der Waals surface area contributed by atoms with Crippen LogP contribution in [-0.2, 0) is 0 Å². The van der Waals surface area contributed by atoms with E-state index in [4.69, 9.17) is 26.7 Å². The van der Waals surface area contributed by atoms with Crippen molar-refractivity contribution in [3.63, 3.8) is 0 Å². The number of rotatable bonds is 2. The van der Waals surface area contributed by atoms with Crippen LogP contribution in [0.1, 0.15) is 40.0 Å². The molecular formula is C22H30N6O4. The number of nitrogens with one attached hydrogen (secondary N) is 3. The summed E-state index contributed by atoms with van der Waals surface area (Å²) in [7, 11) is 1.56. The van der Waals surface area contributed by atoms with Crippen LogP contribution >= 0.6 is 0 Å². The van der Waals surface area contributed by atoms with Crippen LogP contribution in [0.2, 0.25) is 0 Å². The van der Waals surface area contributed by atoms with Gasteiger partial charge in [0.25, 0.3) is 5.91 Å². The molecule has 1 heterocycles. The van der Waals surface area contributed by atoms with Crippen LogP contribution in [0.3, 0.4) is 0 Å². The van der Waals surface area contributed by atoms with Crippen LogP contribution in [0.15, 0.2) is 24.3 Å². The van der Waals surface area contributed by atoms with E-state index >= 15 is 0 Å². The van der Waals surface area contributed by atoms with Crippen LogP contribution in [0.4, 0.5) is 22.7 Å². The van der Waals surface area contributed by atoms with E-state index < -0.39 is 5.91 Å². The summed E-state index contributed by atoms with van der Waals surface area (Å²) in [6.07, 6.45) is 2.23. The zero-order valence-electron chi connectivity index (χ0n) is 18.1. The molecule has 0 aromatic heterocycles. The average Bonchev–Trinajstić information content (AvgIpc) is 2.77. The zero-order valence-corrected chi connectivity index (χ0v) is 18.1. The second-order valence-electron chi connectivity index (χ2n) is 7.43. The minimum absolute atomic E-state index is 0.243. The largest absolute Gasteiger partial charge is 0.491 e. The van der Waals surface area contributed by atoms with Gasteiger partial charge in [-0.2, -0.15) is 0 Å². The highest BCUT2D eigenvalue weighted by Gasteiger charge is 2.16. The van der Waals surface area contributed by atoms with Gasteiger partial charge in [-0.1, -0.05) is 0 Å². The number of ether oxygens (including phenoxy) is 2. The lowest BCUT2D eigenvalue weighted by Gasteiger charge is -2.17. The van der Waals surface area contributed by atoms with Crippen molar-refractivity contribution < 1.29 is 19.1 Å². The Bertz CT molecular complexity index is 995. The summed E-state index contributed by atoms with van der Waals surface area (Å²) in [5.41, 5.74) is 20.6. The first-order valence-electron chi connectivity index (χ1n) is 10.5. The number of carbonyl (C=O) groups excluding carboxylic acids is 2. The third-order valence-corrected chi connectivity index (χ3v) is 5.05. The first-order valence-corrected chi connectivity index (χ1v) is 10.5. The van der Waals surface area contributed by atoms with Crippen molar-refractivity contribution in [2.24, 2.45) is 5.73 Å². The molecule has 1 aliphatic heterocycles. The smallest absolute Gasteiger partial charge is 0.251 e. The number of anilines is 4. The van der Waals surface area contributed by atoms with Gasteiger partial charge in [-0.15, -0.1) is 0 Å². The van der Waals surface area contributed by atoms with Crippen LogP contribution in [0.5, 0.6) is 11.5 Å². The van der Waals surface area contributed by atoms with E-state index in [9.17, 15) is 9.59 Å². The molecule has 1 aliphatic rings. The lowest BCUT2D eigenvalue weighted by molar-refractivity contribution is 0.0961. The maximum absolute atomic E-state index is 12.1. The molecule has 0 aliphatic carbocycles. The maximum atomic E-state index is 12.1. The SMILES string of the molecule is CNC(=O)c1cc(N)c2c(c1)OCCCOc1cc(C(N)=O)cc(N)c1NCCCCN2. The van der Waals surface area contributed by atoms with E-state index in [1.165, 1.54) is 0 Å². The molecule has 2 aromatic rings. The Kier molecular flexibility index (Phi) is 7.48. The molecule has 0 unspecified atom stereocenters. The molecular weight excluding hydrogens is 412 g/mol. The van der Waals surface area contributed by atoms with Crippen molar-refractivity contribution in [3.05, 3.63) is 35.4 Å². The van der Waals surface area contributed by atoms with Gasteiger partial charge < -0.3 is 42.6 Å². The molecule has 0 atom stereocenters. The van der Waals surface area contributed by atoms with Gasteiger partial charge in [-0.05, 0) is 37.1 Å². The fourth-order valence-corrected chi connectivity index (χ4v) is 3.40. The summed E-state index contributed by atoms with van der Waals surface area (Å²) in [6.45, 7) is 1.98. The lowest BCUT2D eigenvalue weighted by Crippen LogP contribution is -2.19. The summed E-state index contributed by atoms with van der Waals surface area (Å²) >= 11 is 0. The number of nitrogen functional groups attached to an aromatic ring is 2. The Labute approximate surface area is 186 Å². The summed E-state index contributed by atoms with van der Waals surface area (Å²) in [6, 6.07) is 6.43. The Hall–Kier alpha value is -3.82. The number of hydrogen-bond acceptors (Lipinski definition) is 8. The van der Waals surface area contributed by atoms with Crippen LogP contribution < -0.4 is 42.6 Å². The number of primary amides is 1. The van der Waals surface area contributed by atoms with Gasteiger partial charge in [-0.25, -0.2) is 0 Å². The van der Waals surface area contributed by atoms with Gasteiger partial charge in [0.2, 0.25) is 5.91 Å². The van der Waals surface area contributed by atoms with Gasteiger partial charge in [0.15, 0.2) is 0 Å². The summed E-state index contributed by atoms with van der Waals surface area (Å²) in [5.74, 6) is 0.165. The third kappa shape index (κ3) is 5.45. The molecule has 10 nitrogen and oxygen atoms in total. The van der Waals surface area contributed by atoms with Gasteiger partial charge in [0.1, 0.15) is 22.9 Å². The topological polar surface area (TPSA) is 167 Å². The van der Waals surface area contributed by atoms with Gasteiger partial charge in [0, 0.05) is 37.7 Å². The highest BCUT2D eigenvalue weighted by atomic mass is 16.5. The van der Waals surface area contributed by atoms with Crippen molar-refractivity contribution in [2.45, 2.75) is 19.3 Å². The van der Waals surface area contributed by atoms with E-state index in [2.05, 4.69) is 16.0 Å². The molecule has 0 saturated carbocycles. The summed E-state index contributed by atoms with van der Waals surface area (Å²) in [4.78, 5) is 23.7. The molecule has 172 valence electrons. The highest BCUT2D eigenvalue weighted by Crippen LogP contribution is 2.34. The lowest BCUT2D eigenvalue weighted by atomic mass is 10.1. The molecule has 3 rings (SSSR count). The first kappa shape index (κ1) is 22.9. The number of hydrogen-bond donors (Lipinski definition) is 6. The Balaban J connectivity index is 1.81. The third-order valence-electron chi connectivity index (χ3n) is 5.05. The normalized spacial score (nSPS) is 14.5. The molecule has 0 saturated heterocycles. The molecule has 0 bridgehead atoms. The number of carbonyl (C=O) groups is 2. The molecule has 9 N–H and O–H groups in total. The highest BCUT2D eigenvalue weighted by molar-refractivity contribution is 5.97. The second-order valence-corrected chi connectivity index (χ2v) is 7.43. The van der Waals surface area contributed by atoms with Crippen LogP contribution in [0, 0.1) is 0 Å². The second kappa shape index (κ2) is 10.5. The predicted octanol–water partition coefficient (Wildman–Crippen LogP) is 1.78. The van der Waals surface area contributed by atoms with E-state index in [-0.39, 0.29) is 11.5 Å². The Morgan fingerprint density at radius 1 is 0.844 bits per heavy atom. The number of benzene rings is 2. The van der Waals surface area contributed by atoms with Gasteiger partial charge >= 0.3 is 0 Å². The minimum Gasteiger partial charge on any atom is -0.491 e. The molecule has 32 heavy (non-hydrogen) atoms. The average molecular weight is 443 g/mol. The van der Waals surface area contributed by atoms with Crippen LogP contribution in [-0.4, -0.2) is 45.2 Å². The summed E-state index contributed by atoms with van der Waals surface area (Å²) < 4.78 is 11.8. The quantitative estimate of drug-likeness (QED) is 0.383. The fraction of sp³-hybridized carbons (Fsp3) is 0.364. The Morgan fingerprint density at radius 3 is 1.84 bits per heavy atom. The van der Waals surface area contributed by atoms with Crippen molar-refractivity contribution >= 4 is 34.6 Å². The first-order chi connectivity index (χ1) is 15.4. The molecule has 2 aromatic carbocycles. The number of fused-ring (bicyclic) bond motifs is 2. The molecule has 0 spiro atoms. The molecule has 2 amide bonds. The van der Waals surface area contributed by atoms with Crippen molar-refractivity contribution in [3.8, 4) is 11.5 Å². The van der Waals surface area contributed by atoms with E-state index in [0.29, 0.717) is 72.5 Å². The molecule has 0 fully saturated rings.